The molecule has 2 unspecified atom stereocenters. The van der Waals surface area contributed by atoms with Gasteiger partial charge in [-0.3, -0.25) is 0 Å². The Morgan fingerprint density at radius 2 is 2.14 bits per heavy atom. The van der Waals surface area contributed by atoms with E-state index in [9.17, 15) is 0 Å². The summed E-state index contributed by atoms with van der Waals surface area (Å²) in [5.41, 5.74) is 1.21. The zero-order valence-electron chi connectivity index (χ0n) is 12.0. The Labute approximate surface area is 128 Å². The summed E-state index contributed by atoms with van der Waals surface area (Å²) in [6.07, 6.45) is 3.44. The highest BCUT2D eigenvalue weighted by Gasteiger charge is 2.29. The average molecular weight is 302 g/mol. The number of thiazole rings is 1. The van der Waals surface area contributed by atoms with Crippen molar-refractivity contribution in [2.75, 3.05) is 13.7 Å². The van der Waals surface area contributed by atoms with E-state index in [-0.39, 0.29) is 6.10 Å². The maximum absolute atomic E-state index is 6.07. The zero-order chi connectivity index (χ0) is 14.2. The maximum atomic E-state index is 6.07. The highest BCUT2D eigenvalue weighted by atomic mass is 32.1. The molecule has 2 aliphatic rings. The van der Waals surface area contributed by atoms with Crippen LogP contribution in [-0.4, -0.2) is 18.6 Å². The first-order valence-corrected chi connectivity index (χ1v) is 8.22. The monoisotopic (exact) mass is 302 g/mol. The van der Waals surface area contributed by atoms with Crippen molar-refractivity contribution in [3.63, 3.8) is 0 Å². The van der Waals surface area contributed by atoms with Gasteiger partial charge in [0.25, 0.3) is 0 Å². The summed E-state index contributed by atoms with van der Waals surface area (Å²) in [6.45, 7) is 0.535. The van der Waals surface area contributed by atoms with Gasteiger partial charge in [0.05, 0.1) is 11.7 Å². The minimum absolute atomic E-state index is 0.0898. The van der Waals surface area contributed by atoms with Crippen LogP contribution in [0.3, 0.4) is 0 Å². The van der Waals surface area contributed by atoms with Crippen LogP contribution in [0.25, 0.3) is 0 Å². The molecule has 2 heterocycles. The smallest absolute Gasteiger partial charge is 0.184 e. The van der Waals surface area contributed by atoms with Gasteiger partial charge < -0.3 is 14.8 Å². The third-order valence-corrected chi connectivity index (χ3v) is 5.33. The van der Waals surface area contributed by atoms with Crippen molar-refractivity contribution in [1.82, 2.24) is 10.3 Å². The molecule has 2 aromatic rings. The fourth-order valence-corrected chi connectivity index (χ4v) is 4.18. The third-order valence-electron chi connectivity index (χ3n) is 4.10. The standard InChI is InChI=1S/C16H18N2O2S/c1-17-10-5-4-8-14-15(10)18-16(21-14)13-9-19-11-6-2-3-7-12(11)20-13/h2-3,6-7,10,13,17H,4-5,8-9H2,1H3. The van der Waals surface area contributed by atoms with Gasteiger partial charge in [-0.05, 0) is 38.4 Å². The van der Waals surface area contributed by atoms with Crippen molar-refractivity contribution < 1.29 is 9.47 Å². The van der Waals surface area contributed by atoms with Gasteiger partial charge in [0.2, 0.25) is 0 Å². The number of benzene rings is 1. The van der Waals surface area contributed by atoms with Gasteiger partial charge in [-0.15, -0.1) is 11.3 Å². The summed E-state index contributed by atoms with van der Waals surface area (Å²) < 4.78 is 11.9. The van der Waals surface area contributed by atoms with E-state index in [2.05, 4.69) is 5.32 Å². The molecule has 21 heavy (non-hydrogen) atoms. The van der Waals surface area contributed by atoms with Gasteiger partial charge in [0.1, 0.15) is 11.6 Å². The topological polar surface area (TPSA) is 43.4 Å². The molecule has 4 nitrogen and oxygen atoms in total. The first-order chi connectivity index (χ1) is 10.3. The Morgan fingerprint density at radius 3 is 3.00 bits per heavy atom. The number of nitrogens with zero attached hydrogens (tertiary/aromatic N) is 1. The lowest BCUT2D eigenvalue weighted by Crippen LogP contribution is -2.23. The first kappa shape index (κ1) is 13.1. The third kappa shape index (κ3) is 2.30. The van der Waals surface area contributed by atoms with Crippen LogP contribution in [0.4, 0.5) is 0 Å². The molecule has 2 atom stereocenters. The van der Waals surface area contributed by atoms with Crippen molar-refractivity contribution in [2.24, 2.45) is 0 Å². The predicted molar refractivity (Wildman–Crippen MR) is 82.2 cm³/mol. The van der Waals surface area contributed by atoms with Crippen LogP contribution in [0.5, 0.6) is 11.5 Å². The SMILES string of the molecule is CNC1CCCc2sc(C3COc4ccccc4O3)nc21. The van der Waals surface area contributed by atoms with Gasteiger partial charge in [0, 0.05) is 4.88 Å². The lowest BCUT2D eigenvalue weighted by atomic mass is 9.98. The molecule has 0 radical (unpaired) electrons. The molecule has 0 spiro atoms. The molecule has 1 N–H and O–H groups in total. The number of para-hydroxylation sites is 2. The lowest BCUT2D eigenvalue weighted by molar-refractivity contribution is 0.0909. The molecule has 0 bridgehead atoms. The number of aromatic nitrogens is 1. The van der Waals surface area contributed by atoms with E-state index in [4.69, 9.17) is 14.5 Å². The Bertz CT molecular complexity index is 655. The van der Waals surface area contributed by atoms with E-state index in [0.717, 1.165) is 29.3 Å². The van der Waals surface area contributed by atoms with Gasteiger partial charge in [0.15, 0.2) is 17.6 Å². The molecule has 0 amide bonds. The van der Waals surface area contributed by atoms with Crippen LogP contribution in [0.15, 0.2) is 24.3 Å². The van der Waals surface area contributed by atoms with Crippen molar-refractivity contribution in [1.29, 1.82) is 0 Å². The van der Waals surface area contributed by atoms with Crippen molar-refractivity contribution in [2.45, 2.75) is 31.4 Å². The number of nitrogens with one attached hydrogen (secondary N) is 1. The second kappa shape index (κ2) is 5.31. The molecule has 0 saturated carbocycles. The minimum atomic E-state index is -0.0898. The molecule has 1 aromatic heterocycles. The van der Waals surface area contributed by atoms with E-state index < -0.39 is 0 Å². The van der Waals surface area contributed by atoms with Crippen LogP contribution in [-0.2, 0) is 6.42 Å². The van der Waals surface area contributed by atoms with E-state index in [1.807, 2.05) is 31.3 Å². The number of ether oxygens (including phenoxy) is 2. The lowest BCUT2D eigenvalue weighted by Gasteiger charge is -2.25. The Balaban J connectivity index is 1.62. The minimum Gasteiger partial charge on any atom is -0.485 e. The van der Waals surface area contributed by atoms with E-state index >= 15 is 0 Å². The number of rotatable bonds is 2. The van der Waals surface area contributed by atoms with Crippen molar-refractivity contribution in [3.8, 4) is 11.5 Å². The molecule has 5 heteroatoms. The van der Waals surface area contributed by atoms with Gasteiger partial charge in [-0.1, -0.05) is 12.1 Å². The van der Waals surface area contributed by atoms with Crippen LogP contribution < -0.4 is 14.8 Å². The molecule has 0 saturated heterocycles. The molecule has 1 aromatic carbocycles. The van der Waals surface area contributed by atoms with E-state index in [1.165, 1.54) is 17.0 Å². The maximum Gasteiger partial charge on any atom is 0.184 e. The summed E-state index contributed by atoms with van der Waals surface area (Å²) in [5, 5.41) is 4.40. The molecule has 1 aliphatic heterocycles. The van der Waals surface area contributed by atoms with Gasteiger partial charge in [-0.2, -0.15) is 0 Å². The zero-order valence-corrected chi connectivity index (χ0v) is 12.8. The molecule has 110 valence electrons. The molecule has 4 rings (SSSR count). The summed E-state index contributed by atoms with van der Waals surface area (Å²) in [4.78, 5) is 6.25. The quantitative estimate of drug-likeness (QED) is 0.925. The molecule has 0 fully saturated rings. The second-order valence-corrected chi connectivity index (χ2v) is 6.57. The highest BCUT2D eigenvalue weighted by Crippen LogP contribution is 2.40. The fourth-order valence-electron chi connectivity index (χ4n) is 3.00. The van der Waals surface area contributed by atoms with Gasteiger partial charge in [-0.25, -0.2) is 4.98 Å². The first-order valence-electron chi connectivity index (χ1n) is 7.40. The van der Waals surface area contributed by atoms with Crippen LogP contribution in [0, 0.1) is 0 Å². The number of aryl methyl sites for hydroxylation is 1. The Morgan fingerprint density at radius 1 is 1.29 bits per heavy atom. The molecule has 1 aliphatic carbocycles. The largest absolute Gasteiger partial charge is 0.485 e. The predicted octanol–water partition coefficient (Wildman–Crippen LogP) is 3.25. The number of hydrogen-bond acceptors (Lipinski definition) is 5. The summed E-state index contributed by atoms with van der Waals surface area (Å²) in [6, 6.07) is 8.20. The summed E-state index contributed by atoms with van der Waals surface area (Å²) in [5.74, 6) is 1.63. The van der Waals surface area contributed by atoms with Crippen LogP contribution in [0.2, 0.25) is 0 Å². The highest BCUT2D eigenvalue weighted by molar-refractivity contribution is 7.11. The average Bonchev–Trinajstić information content (AvgIpc) is 2.98. The number of hydrogen-bond donors (Lipinski definition) is 1. The van der Waals surface area contributed by atoms with E-state index in [0.29, 0.717) is 12.6 Å². The summed E-state index contributed by atoms with van der Waals surface area (Å²) in [7, 11) is 2.01. The van der Waals surface area contributed by atoms with Gasteiger partial charge >= 0.3 is 0 Å². The normalized spacial score (nSPS) is 23.7. The summed E-state index contributed by atoms with van der Waals surface area (Å²) >= 11 is 1.78. The molecular weight excluding hydrogens is 284 g/mol. The van der Waals surface area contributed by atoms with Crippen molar-refractivity contribution in [3.05, 3.63) is 39.8 Å². The number of fused-ring (bicyclic) bond motifs is 2. The molecular formula is C16H18N2O2S. The van der Waals surface area contributed by atoms with Crippen molar-refractivity contribution >= 4 is 11.3 Å². The Kier molecular flexibility index (Phi) is 3.31. The van der Waals surface area contributed by atoms with Crippen LogP contribution >= 0.6 is 11.3 Å². The fraction of sp³-hybridized carbons (Fsp3) is 0.438. The van der Waals surface area contributed by atoms with E-state index in [1.54, 1.807) is 11.3 Å². The second-order valence-electron chi connectivity index (χ2n) is 5.46. The Hall–Kier alpha value is -1.59. The van der Waals surface area contributed by atoms with Crippen LogP contribution in [0.1, 0.15) is 40.6 Å².